The molecule has 0 spiro atoms. The van der Waals surface area contributed by atoms with Gasteiger partial charge in [-0.15, -0.1) is 0 Å². The van der Waals surface area contributed by atoms with E-state index in [1.165, 1.54) is 19.3 Å². The largest absolute Gasteiger partial charge is 0.392 e. The second-order valence-electron chi connectivity index (χ2n) is 6.46. The predicted octanol–water partition coefficient (Wildman–Crippen LogP) is 4.34. The Kier molecular flexibility index (Phi) is 5.67. The van der Waals surface area contributed by atoms with Gasteiger partial charge in [-0.2, -0.15) is 0 Å². The molecule has 0 amide bonds. The summed E-state index contributed by atoms with van der Waals surface area (Å²) in [6.45, 7) is 13.0. The number of hydrogen-bond donors (Lipinski definition) is 0. The first-order valence-corrected chi connectivity index (χ1v) is 9.68. The molecule has 0 aromatic carbocycles. The summed E-state index contributed by atoms with van der Waals surface area (Å²) >= 11 is 0. The van der Waals surface area contributed by atoms with Crippen LogP contribution in [0.15, 0.2) is 0 Å². The van der Waals surface area contributed by atoms with E-state index in [-0.39, 0.29) is 12.2 Å². The van der Waals surface area contributed by atoms with Crippen LogP contribution in [0.4, 0.5) is 0 Å². The first kappa shape index (κ1) is 15.2. The Balaban J connectivity index is 2.47. The van der Waals surface area contributed by atoms with Gasteiger partial charge in [0.25, 0.3) is 0 Å². The van der Waals surface area contributed by atoms with Crippen LogP contribution in [0.3, 0.4) is 0 Å². The Morgan fingerprint density at radius 1 is 1.00 bits per heavy atom. The molecule has 1 rings (SSSR count). The first-order chi connectivity index (χ1) is 7.81. The molecule has 0 radical (unpaired) electrons. The third-order valence-corrected chi connectivity index (χ3v) is 6.50. The SMILES string of the molecule is CC(CC1CC1)C[Si](C)(OC(C)C)OC(C)C. The van der Waals surface area contributed by atoms with Gasteiger partial charge in [-0.1, -0.05) is 19.8 Å². The maximum Gasteiger partial charge on any atom is 0.335 e. The molecular weight excluding hydrogens is 228 g/mol. The van der Waals surface area contributed by atoms with E-state index >= 15 is 0 Å². The van der Waals surface area contributed by atoms with Crippen LogP contribution >= 0.6 is 0 Å². The van der Waals surface area contributed by atoms with E-state index in [0.717, 1.165) is 17.9 Å². The van der Waals surface area contributed by atoms with Gasteiger partial charge >= 0.3 is 8.56 Å². The summed E-state index contributed by atoms with van der Waals surface area (Å²) in [4.78, 5) is 0. The molecule has 1 saturated carbocycles. The zero-order valence-corrected chi connectivity index (χ0v) is 13.5. The van der Waals surface area contributed by atoms with E-state index in [9.17, 15) is 0 Å². The monoisotopic (exact) mass is 258 g/mol. The molecule has 0 saturated heterocycles. The molecule has 1 unspecified atom stereocenters. The molecule has 1 fully saturated rings. The fourth-order valence-electron chi connectivity index (χ4n) is 2.76. The Bertz CT molecular complexity index is 214. The van der Waals surface area contributed by atoms with Crippen LogP contribution in [0.25, 0.3) is 0 Å². The van der Waals surface area contributed by atoms with Crippen LogP contribution in [-0.2, 0) is 8.85 Å². The zero-order chi connectivity index (χ0) is 13.1. The van der Waals surface area contributed by atoms with E-state index in [0.29, 0.717) is 0 Å². The lowest BCUT2D eigenvalue weighted by Crippen LogP contribution is -2.44. The van der Waals surface area contributed by atoms with Gasteiger partial charge in [0, 0.05) is 12.2 Å². The highest BCUT2D eigenvalue weighted by Crippen LogP contribution is 2.38. The molecular formula is C14H30O2Si. The quantitative estimate of drug-likeness (QED) is 0.603. The minimum Gasteiger partial charge on any atom is -0.392 e. The normalized spacial score (nSPS) is 19.1. The average molecular weight is 258 g/mol. The fourth-order valence-corrected chi connectivity index (χ4v) is 6.44. The van der Waals surface area contributed by atoms with Crippen molar-refractivity contribution in [3.8, 4) is 0 Å². The number of hydrogen-bond acceptors (Lipinski definition) is 2. The van der Waals surface area contributed by atoms with Gasteiger partial charge in [0.05, 0.1) is 0 Å². The van der Waals surface area contributed by atoms with Crippen LogP contribution in [-0.4, -0.2) is 20.8 Å². The molecule has 0 heterocycles. The van der Waals surface area contributed by atoms with Crippen LogP contribution in [0.2, 0.25) is 12.6 Å². The maximum atomic E-state index is 6.14. The third kappa shape index (κ3) is 6.58. The van der Waals surface area contributed by atoms with Gasteiger partial charge in [-0.05, 0) is 58.5 Å². The van der Waals surface area contributed by atoms with Gasteiger partial charge < -0.3 is 8.85 Å². The van der Waals surface area contributed by atoms with Crippen molar-refractivity contribution < 1.29 is 8.85 Å². The van der Waals surface area contributed by atoms with Crippen molar-refractivity contribution in [2.75, 3.05) is 0 Å². The fraction of sp³-hybridized carbons (Fsp3) is 1.00. The minimum absolute atomic E-state index is 0.276. The van der Waals surface area contributed by atoms with E-state index in [1.807, 2.05) is 0 Å². The number of rotatable bonds is 8. The summed E-state index contributed by atoms with van der Waals surface area (Å²) < 4.78 is 12.3. The van der Waals surface area contributed by atoms with Crippen LogP contribution < -0.4 is 0 Å². The summed E-state index contributed by atoms with van der Waals surface area (Å²) in [5, 5.41) is 0. The second-order valence-corrected chi connectivity index (χ2v) is 9.60. The Morgan fingerprint density at radius 3 is 1.82 bits per heavy atom. The summed E-state index contributed by atoms with van der Waals surface area (Å²) in [6, 6.07) is 1.14. The Hall–Kier alpha value is 0.137. The van der Waals surface area contributed by atoms with Crippen molar-refractivity contribution in [2.24, 2.45) is 11.8 Å². The molecule has 2 nitrogen and oxygen atoms in total. The standard InChI is InChI=1S/C14H30O2Si/c1-11(2)15-17(6,16-12(3)4)10-13(5)9-14-7-8-14/h11-14H,7-10H2,1-6H3. The highest BCUT2D eigenvalue weighted by atomic mass is 28.4. The maximum absolute atomic E-state index is 6.14. The molecule has 0 aliphatic heterocycles. The third-order valence-electron chi connectivity index (χ3n) is 3.12. The van der Waals surface area contributed by atoms with Gasteiger partial charge in [-0.25, -0.2) is 0 Å². The van der Waals surface area contributed by atoms with Gasteiger partial charge in [0.15, 0.2) is 0 Å². The Morgan fingerprint density at radius 2 is 1.47 bits per heavy atom. The summed E-state index contributed by atoms with van der Waals surface area (Å²) in [6.07, 6.45) is 4.81. The molecule has 17 heavy (non-hydrogen) atoms. The predicted molar refractivity (Wildman–Crippen MR) is 75.4 cm³/mol. The topological polar surface area (TPSA) is 18.5 Å². The molecule has 1 aliphatic rings. The van der Waals surface area contributed by atoms with Crippen molar-refractivity contribution >= 4 is 8.56 Å². The van der Waals surface area contributed by atoms with Crippen molar-refractivity contribution in [2.45, 2.75) is 78.7 Å². The molecule has 102 valence electrons. The van der Waals surface area contributed by atoms with Crippen molar-refractivity contribution in [3.63, 3.8) is 0 Å². The van der Waals surface area contributed by atoms with Crippen LogP contribution in [0, 0.1) is 11.8 Å². The van der Waals surface area contributed by atoms with Gasteiger partial charge in [0.1, 0.15) is 0 Å². The molecule has 1 atom stereocenters. The smallest absolute Gasteiger partial charge is 0.335 e. The minimum atomic E-state index is -1.98. The van der Waals surface area contributed by atoms with E-state index in [4.69, 9.17) is 8.85 Å². The highest BCUT2D eigenvalue weighted by molar-refractivity contribution is 6.66. The Labute approximate surface area is 108 Å². The van der Waals surface area contributed by atoms with Crippen LogP contribution in [0.5, 0.6) is 0 Å². The lowest BCUT2D eigenvalue weighted by atomic mass is 10.1. The van der Waals surface area contributed by atoms with Gasteiger partial charge in [0.2, 0.25) is 0 Å². The molecule has 0 N–H and O–H groups in total. The molecule has 0 bridgehead atoms. The van der Waals surface area contributed by atoms with Gasteiger partial charge in [-0.3, -0.25) is 0 Å². The lowest BCUT2D eigenvalue weighted by molar-refractivity contribution is 0.106. The molecule has 0 aromatic rings. The van der Waals surface area contributed by atoms with Crippen molar-refractivity contribution in [1.29, 1.82) is 0 Å². The first-order valence-electron chi connectivity index (χ1n) is 7.16. The van der Waals surface area contributed by atoms with E-state index in [1.54, 1.807) is 0 Å². The summed E-state index contributed by atoms with van der Waals surface area (Å²) in [5.41, 5.74) is 0. The van der Waals surface area contributed by atoms with Crippen LogP contribution in [0.1, 0.15) is 53.9 Å². The average Bonchev–Trinajstić information content (AvgIpc) is 2.82. The molecule has 1 aliphatic carbocycles. The second kappa shape index (κ2) is 6.35. The summed E-state index contributed by atoms with van der Waals surface area (Å²) in [7, 11) is -1.98. The van der Waals surface area contributed by atoms with E-state index in [2.05, 4.69) is 41.2 Å². The van der Waals surface area contributed by atoms with Crippen molar-refractivity contribution in [3.05, 3.63) is 0 Å². The molecule has 3 heteroatoms. The van der Waals surface area contributed by atoms with Crippen molar-refractivity contribution in [1.82, 2.24) is 0 Å². The zero-order valence-electron chi connectivity index (χ0n) is 12.5. The highest BCUT2D eigenvalue weighted by Gasteiger charge is 2.37. The molecule has 0 aromatic heterocycles. The lowest BCUT2D eigenvalue weighted by Gasteiger charge is -2.33. The van der Waals surface area contributed by atoms with E-state index < -0.39 is 8.56 Å². The summed E-state index contributed by atoms with van der Waals surface area (Å²) in [5.74, 6) is 1.75.